The van der Waals surface area contributed by atoms with Crippen LogP contribution < -0.4 is 9.64 Å². The molecule has 2 aliphatic heterocycles. The minimum atomic E-state index is -0.762. The topological polar surface area (TPSA) is 68.2 Å². The highest BCUT2D eigenvalue weighted by atomic mass is 127. The number of nitrogens with zero attached hydrogens (tertiary/aromatic N) is 2. The zero-order valence-electron chi connectivity index (χ0n) is 17.9. The van der Waals surface area contributed by atoms with Crippen LogP contribution in [-0.4, -0.2) is 28.4 Å². The maximum absolute atomic E-state index is 13.7. The molecule has 6 nitrogen and oxygen atoms in total. The van der Waals surface area contributed by atoms with Crippen molar-refractivity contribution in [1.29, 1.82) is 0 Å². The van der Waals surface area contributed by atoms with E-state index in [2.05, 4.69) is 45.8 Å². The summed E-state index contributed by atoms with van der Waals surface area (Å²) < 4.78 is 12.0. The summed E-state index contributed by atoms with van der Waals surface area (Å²) in [6.07, 6.45) is 0.0190. The summed E-state index contributed by atoms with van der Waals surface area (Å²) in [7, 11) is 1.60. The zero-order valence-corrected chi connectivity index (χ0v) is 20.0. The first-order chi connectivity index (χ1) is 14.7. The molecule has 0 unspecified atom stereocenters. The molecule has 3 aliphatic rings. The number of amides is 2. The Morgan fingerprint density at radius 2 is 2.00 bits per heavy atom. The number of halogens is 1. The average Bonchev–Trinajstić information content (AvgIpc) is 3.30. The number of carbonyl (C=O) groups excluding carboxylic acids is 2. The van der Waals surface area contributed by atoms with Crippen LogP contribution >= 0.6 is 22.6 Å². The highest BCUT2D eigenvalue weighted by molar-refractivity contribution is 14.1. The van der Waals surface area contributed by atoms with Crippen molar-refractivity contribution in [3.05, 3.63) is 58.7 Å². The molecule has 1 aliphatic carbocycles. The summed E-state index contributed by atoms with van der Waals surface area (Å²) >= 11 is 2.26. The van der Waals surface area contributed by atoms with E-state index in [4.69, 9.17) is 9.47 Å². The maximum Gasteiger partial charge on any atom is 0.421 e. The second kappa shape index (κ2) is 6.79. The minimum Gasteiger partial charge on any atom is -0.497 e. The molecule has 31 heavy (non-hydrogen) atoms. The van der Waals surface area contributed by atoms with Crippen LogP contribution in [0.15, 0.2) is 41.4 Å². The zero-order chi connectivity index (χ0) is 22.1. The molecule has 2 amide bonds. The third kappa shape index (κ3) is 3.08. The lowest BCUT2D eigenvalue weighted by Crippen LogP contribution is -2.41. The van der Waals surface area contributed by atoms with Gasteiger partial charge >= 0.3 is 6.09 Å². The maximum atomic E-state index is 13.7. The molecule has 160 valence electrons. The van der Waals surface area contributed by atoms with Crippen LogP contribution in [0.2, 0.25) is 0 Å². The molecule has 1 spiro atoms. The van der Waals surface area contributed by atoms with Crippen molar-refractivity contribution < 1.29 is 19.1 Å². The molecule has 0 bridgehead atoms. The van der Waals surface area contributed by atoms with E-state index in [0.29, 0.717) is 24.4 Å². The van der Waals surface area contributed by atoms with Gasteiger partial charge in [0.1, 0.15) is 15.1 Å². The van der Waals surface area contributed by atoms with E-state index >= 15 is 0 Å². The summed E-state index contributed by atoms with van der Waals surface area (Å²) in [4.78, 5) is 32.4. The Kier molecular flexibility index (Phi) is 4.48. The van der Waals surface area contributed by atoms with Gasteiger partial charge in [-0.05, 0) is 84.7 Å². The number of fused-ring (bicyclic) bond motifs is 3. The van der Waals surface area contributed by atoms with Crippen molar-refractivity contribution >= 4 is 44.0 Å². The molecule has 1 saturated carbocycles. The Labute approximate surface area is 194 Å². The number of methoxy groups -OCH3 is 1. The van der Waals surface area contributed by atoms with Crippen LogP contribution in [0.25, 0.3) is 0 Å². The average molecular weight is 530 g/mol. The number of anilines is 1. The molecule has 7 heteroatoms. The highest BCUT2D eigenvalue weighted by Crippen LogP contribution is 2.67. The van der Waals surface area contributed by atoms with Crippen LogP contribution in [0.4, 0.5) is 10.5 Å². The van der Waals surface area contributed by atoms with Gasteiger partial charge in [-0.15, -0.1) is 0 Å². The molecule has 2 atom stereocenters. The molecular formula is C24H23IN2O4. The van der Waals surface area contributed by atoms with E-state index < -0.39 is 17.1 Å². The predicted molar refractivity (Wildman–Crippen MR) is 126 cm³/mol. The first-order valence-electron chi connectivity index (χ1n) is 10.2. The van der Waals surface area contributed by atoms with Gasteiger partial charge in [0.15, 0.2) is 0 Å². The van der Waals surface area contributed by atoms with E-state index in [0.717, 1.165) is 20.4 Å². The number of hydrogen-bond donors (Lipinski definition) is 0. The second-order valence-electron chi connectivity index (χ2n) is 9.26. The van der Waals surface area contributed by atoms with Gasteiger partial charge in [-0.3, -0.25) is 9.79 Å². The predicted octanol–water partition coefficient (Wildman–Crippen LogP) is 5.10. The minimum absolute atomic E-state index is 0.00172. The molecular weight excluding hydrogens is 507 g/mol. The van der Waals surface area contributed by atoms with Crippen LogP contribution in [0.5, 0.6) is 5.75 Å². The van der Waals surface area contributed by atoms with E-state index in [9.17, 15) is 9.59 Å². The van der Waals surface area contributed by atoms with E-state index in [-0.39, 0.29) is 11.8 Å². The standard InChI is InChI=1S/C24H23IN2O4/c1-23(2,3)31-22(29)27-19-8-6-15(30-4)10-17(19)24(21(27)28)11-18(24)13-5-7-16-14(9-13)12-26-20(16)25/h5-10,18H,11-12H2,1-4H3/t18-,24-/m0/s1. The van der Waals surface area contributed by atoms with Gasteiger partial charge in [-0.2, -0.15) is 0 Å². The Balaban J connectivity index is 1.56. The lowest BCUT2D eigenvalue weighted by molar-refractivity contribution is -0.120. The van der Waals surface area contributed by atoms with Gasteiger partial charge in [0.05, 0.1) is 24.8 Å². The summed E-state index contributed by atoms with van der Waals surface area (Å²) in [5, 5.41) is 0. The molecule has 0 aromatic heterocycles. The number of carbonyl (C=O) groups is 2. The van der Waals surface area contributed by atoms with Crippen molar-refractivity contribution in [1.82, 2.24) is 0 Å². The fourth-order valence-electron chi connectivity index (χ4n) is 4.71. The lowest BCUT2D eigenvalue weighted by Gasteiger charge is -2.24. The Morgan fingerprint density at radius 1 is 1.23 bits per heavy atom. The van der Waals surface area contributed by atoms with Gasteiger partial charge in [0.25, 0.3) is 0 Å². The normalized spacial score (nSPS) is 23.5. The summed E-state index contributed by atoms with van der Waals surface area (Å²) in [5.41, 5.74) is 3.41. The summed E-state index contributed by atoms with van der Waals surface area (Å²) in [6.45, 7) is 6.06. The number of hydrogen-bond acceptors (Lipinski definition) is 5. The summed E-state index contributed by atoms with van der Waals surface area (Å²) in [5.74, 6) is 0.447. The number of aliphatic imine (C=N–C) groups is 1. The lowest BCUT2D eigenvalue weighted by atomic mass is 9.91. The highest BCUT2D eigenvalue weighted by Gasteiger charge is 2.68. The van der Waals surface area contributed by atoms with E-state index in [1.54, 1.807) is 40.0 Å². The monoisotopic (exact) mass is 530 g/mol. The summed E-state index contributed by atoms with van der Waals surface area (Å²) in [6, 6.07) is 11.8. The second-order valence-corrected chi connectivity index (χ2v) is 10.3. The number of imide groups is 1. The molecule has 5 rings (SSSR count). The van der Waals surface area contributed by atoms with Crippen molar-refractivity contribution in [3.8, 4) is 5.75 Å². The fraction of sp³-hybridized carbons (Fsp3) is 0.375. The van der Waals surface area contributed by atoms with Crippen molar-refractivity contribution in [2.45, 2.75) is 50.7 Å². The molecule has 2 aromatic carbocycles. The fourth-order valence-corrected chi connectivity index (χ4v) is 5.41. The number of ether oxygens (including phenoxy) is 2. The van der Waals surface area contributed by atoms with Crippen LogP contribution in [0, 0.1) is 0 Å². The van der Waals surface area contributed by atoms with Crippen LogP contribution in [-0.2, 0) is 21.5 Å². The first-order valence-corrected chi connectivity index (χ1v) is 11.3. The molecule has 2 heterocycles. The molecule has 0 radical (unpaired) electrons. The van der Waals surface area contributed by atoms with Crippen molar-refractivity contribution in [2.24, 2.45) is 4.99 Å². The van der Waals surface area contributed by atoms with Gasteiger partial charge < -0.3 is 9.47 Å². The van der Waals surface area contributed by atoms with E-state index in [1.165, 1.54) is 10.5 Å². The number of benzene rings is 2. The van der Waals surface area contributed by atoms with Gasteiger partial charge in [-0.1, -0.05) is 18.2 Å². The molecule has 2 aromatic rings. The molecule has 0 saturated heterocycles. The van der Waals surface area contributed by atoms with Gasteiger partial charge in [-0.25, -0.2) is 9.69 Å². The Bertz CT molecular complexity index is 1170. The molecule has 0 N–H and O–H groups in total. The Hall–Kier alpha value is -2.42. The van der Waals surface area contributed by atoms with Crippen molar-refractivity contribution in [2.75, 3.05) is 12.0 Å². The van der Waals surface area contributed by atoms with Crippen molar-refractivity contribution in [3.63, 3.8) is 0 Å². The quantitative estimate of drug-likeness (QED) is 0.507. The van der Waals surface area contributed by atoms with Crippen LogP contribution in [0.1, 0.15) is 55.4 Å². The Morgan fingerprint density at radius 3 is 2.71 bits per heavy atom. The SMILES string of the molecule is COc1ccc2c(c1)[C@]1(C[C@H]1c1ccc3c(c1)CN=C3I)C(=O)N2C(=O)OC(C)(C)C. The van der Waals surface area contributed by atoms with Gasteiger partial charge in [0, 0.05) is 11.5 Å². The van der Waals surface area contributed by atoms with Crippen LogP contribution in [0.3, 0.4) is 0 Å². The van der Waals surface area contributed by atoms with E-state index in [1.807, 2.05) is 6.07 Å². The smallest absolute Gasteiger partial charge is 0.421 e. The third-order valence-electron chi connectivity index (χ3n) is 6.19. The third-order valence-corrected chi connectivity index (χ3v) is 7.11. The van der Waals surface area contributed by atoms with Gasteiger partial charge in [0.2, 0.25) is 5.91 Å². The first kappa shape index (κ1) is 20.5. The molecule has 1 fully saturated rings. The number of rotatable bonds is 2. The largest absolute Gasteiger partial charge is 0.497 e.